The third-order valence-corrected chi connectivity index (χ3v) is 7.72. The van der Waals surface area contributed by atoms with Gasteiger partial charge in [0.15, 0.2) is 0 Å². The molecule has 2 amide bonds. The van der Waals surface area contributed by atoms with Gasteiger partial charge in [0.2, 0.25) is 11.8 Å². The number of unbranched alkanes of at least 4 members (excludes halogenated alkanes) is 1. The molecule has 10 heteroatoms. The standard InChI is InChI=1S/C37H37N7O3/c1-5-6-9-26-23-34(44(43-26)27-14-12-24(2)13-15-27)41-37(45)40-32-18-19-33(30-11-8-7-10-29(30)32)47-35-20-21-38-36(42-35)39-31-17-16-28(46-4)22-25(31)3/h7-8,10-23H,5-6,9H2,1-4H3,(H,38,39,42)(H2,40,41,45). The van der Waals surface area contributed by atoms with Gasteiger partial charge in [-0.3, -0.25) is 5.32 Å². The van der Waals surface area contributed by atoms with Crippen LogP contribution in [0.1, 0.15) is 36.6 Å². The number of urea groups is 1. The Bertz CT molecular complexity index is 2020. The Morgan fingerprint density at radius 2 is 1.66 bits per heavy atom. The molecule has 6 aromatic rings. The topological polar surface area (TPSA) is 115 Å². The monoisotopic (exact) mass is 627 g/mol. The molecule has 4 aromatic carbocycles. The Balaban J connectivity index is 1.21. The van der Waals surface area contributed by atoms with Crippen molar-refractivity contribution in [3.8, 4) is 23.1 Å². The van der Waals surface area contributed by atoms with E-state index in [1.807, 2.05) is 98.8 Å². The second-order valence-electron chi connectivity index (χ2n) is 11.2. The number of benzene rings is 4. The maximum absolute atomic E-state index is 13.4. The Kier molecular flexibility index (Phi) is 9.28. The summed E-state index contributed by atoms with van der Waals surface area (Å²) < 4.78 is 13.3. The quantitative estimate of drug-likeness (QED) is 0.131. The summed E-state index contributed by atoms with van der Waals surface area (Å²) in [4.78, 5) is 22.3. The highest BCUT2D eigenvalue weighted by Crippen LogP contribution is 2.34. The van der Waals surface area contributed by atoms with Gasteiger partial charge in [-0.1, -0.05) is 55.3 Å². The molecular formula is C37H37N7O3. The Morgan fingerprint density at radius 3 is 2.43 bits per heavy atom. The second-order valence-corrected chi connectivity index (χ2v) is 11.2. The van der Waals surface area contributed by atoms with Gasteiger partial charge in [0.1, 0.15) is 17.3 Å². The first-order valence-corrected chi connectivity index (χ1v) is 15.6. The lowest BCUT2D eigenvalue weighted by Gasteiger charge is -2.14. The van der Waals surface area contributed by atoms with E-state index in [1.165, 1.54) is 0 Å². The van der Waals surface area contributed by atoms with Gasteiger partial charge in [-0.2, -0.15) is 10.1 Å². The number of fused-ring (bicyclic) bond motifs is 1. The molecule has 3 N–H and O–H groups in total. The van der Waals surface area contributed by atoms with Crippen molar-refractivity contribution < 1.29 is 14.3 Å². The first kappa shape index (κ1) is 31.1. The third-order valence-electron chi connectivity index (χ3n) is 7.72. The van der Waals surface area contributed by atoms with Crippen LogP contribution in [0.25, 0.3) is 16.5 Å². The van der Waals surface area contributed by atoms with Crippen molar-refractivity contribution in [3.63, 3.8) is 0 Å². The van der Waals surface area contributed by atoms with Crippen LogP contribution in [0.2, 0.25) is 0 Å². The number of nitrogens with zero attached hydrogens (tertiary/aromatic N) is 4. The molecule has 10 nitrogen and oxygen atoms in total. The Morgan fingerprint density at radius 1 is 0.872 bits per heavy atom. The second kappa shape index (κ2) is 14.0. The van der Waals surface area contributed by atoms with E-state index >= 15 is 0 Å². The molecule has 0 aliphatic heterocycles. The number of aromatic nitrogens is 4. The van der Waals surface area contributed by atoms with Crippen molar-refractivity contribution in [2.75, 3.05) is 23.1 Å². The number of anilines is 4. The minimum atomic E-state index is -0.375. The van der Waals surface area contributed by atoms with Crippen LogP contribution in [0.3, 0.4) is 0 Å². The van der Waals surface area contributed by atoms with E-state index < -0.39 is 0 Å². The molecule has 0 saturated carbocycles. The van der Waals surface area contributed by atoms with Gasteiger partial charge in [0.25, 0.3) is 0 Å². The predicted octanol–water partition coefficient (Wildman–Crippen LogP) is 8.96. The molecular weight excluding hydrogens is 590 g/mol. The number of methoxy groups -OCH3 is 1. The molecule has 238 valence electrons. The van der Waals surface area contributed by atoms with Crippen molar-refractivity contribution in [2.45, 2.75) is 40.0 Å². The first-order valence-electron chi connectivity index (χ1n) is 15.6. The third kappa shape index (κ3) is 7.33. The number of hydrogen-bond donors (Lipinski definition) is 3. The van der Waals surface area contributed by atoms with Crippen molar-refractivity contribution in [1.29, 1.82) is 0 Å². The zero-order valence-electron chi connectivity index (χ0n) is 26.9. The van der Waals surface area contributed by atoms with Gasteiger partial charge in [0, 0.05) is 34.8 Å². The summed E-state index contributed by atoms with van der Waals surface area (Å²) >= 11 is 0. The molecule has 0 atom stereocenters. The molecule has 2 aromatic heterocycles. The summed E-state index contributed by atoms with van der Waals surface area (Å²) in [6.45, 7) is 6.17. The molecule has 0 fully saturated rings. The van der Waals surface area contributed by atoms with E-state index in [0.29, 0.717) is 29.1 Å². The summed E-state index contributed by atoms with van der Waals surface area (Å²) in [5.41, 5.74) is 5.45. The van der Waals surface area contributed by atoms with Gasteiger partial charge in [-0.25, -0.2) is 14.5 Å². The van der Waals surface area contributed by atoms with Gasteiger partial charge < -0.3 is 20.1 Å². The fraction of sp³-hybridized carbons (Fsp3) is 0.189. The zero-order chi connectivity index (χ0) is 32.8. The molecule has 0 spiro atoms. The average molecular weight is 628 g/mol. The summed E-state index contributed by atoms with van der Waals surface area (Å²) in [5.74, 6) is 2.74. The highest BCUT2D eigenvalue weighted by molar-refractivity contribution is 6.07. The zero-order valence-corrected chi connectivity index (χ0v) is 26.9. The van der Waals surface area contributed by atoms with Crippen LogP contribution in [0.5, 0.6) is 17.4 Å². The lowest BCUT2D eigenvalue weighted by atomic mass is 10.1. The van der Waals surface area contributed by atoms with Crippen LogP contribution in [-0.2, 0) is 6.42 Å². The van der Waals surface area contributed by atoms with Crippen LogP contribution in [0, 0.1) is 13.8 Å². The normalized spacial score (nSPS) is 10.9. The first-order chi connectivity index (χ1) is 22.9. The maximum Gasteiger partial charge on any atom is 0.324 e. The minimum Gasteiger partial charge on any atom is -0.497 e. The molecule has 0 aliphatic carbocycles. The molecule has 0 unspecified atom stereocenters. The van der Waals surface area contributed by atoms with Gasteiger partial charge in [-0.15, -0.1) is 0 Å². The summed E-state index contributed by atoms with van der Waals surface area (Å²) in [6.07, 6.45) is 4.56. The van der Waals surface area contributed by atoms with E-state index in [2.05, 4.69) is 32.8 Å². The van der Waals surface area contributed by atoms with Crippen molar-refractivity contribution in [2.24, 2.45) is 0 Å². The highest BCUT2D eigenvalue weighted by atomic mass is 16.5. The lowest BCUT2D eigenvalue weighted by molar-refractivity contribution is 0.262. The number of aryl methyl sites for hydroxylation is 3. The maximum atomic E-state index is 13.4. The Labute approximate surface area is 273 Å². The van der Waals surface area contributed by atoms with Gasteiger partial charge in [0.05, 0.1) is 24.2 Å². The van der Waals surface area contributed by atoms with Gasteiger partial charge in [-0.05, 0) is 74.7 Å². The van der Waals surface area contributed by atoms with Crippen molar-refractivity contribution in [1.82, 2.24) is 19.7 Å². The number of carbonyl (C=O) groups excluding carboxylic acids is 1. The average Bonchev–Trinajstić information content (AvgIpc) is 3.48. The molecule has 2 heterocycles. The van der Waals surface area contributed by atoms with Crippen LogP contribution in [0.4, 0.5) is 27.9 Å². The van der Waals surface area contributed by atoms with E-state index in [-0.39, 0.29) is 6.03 Å². The number of hydrogen-bond acceptors (Lipinski definition) is 7. The van der Waals surface area contributed by atoms with E-state index in [0.717, 1.165) is 64.0 Å². The van der Waals surface area contributed by atoms with Crippen LogP contribution < -0.4 is 25.4 Å². The fourth-order valence-electron chi connectivity index (χ4n) is 5.22. The number of ether oxygens (including phenoxy) is 2. The summed E-state index contributed by atoms with van der Waals surface area (Å²) in [7, 11) is 1.64. The van der Waals surface area contributed by atoms with Crippen LogP contribution >= 0.6 is 0 Å². The molecule has 0 bridgehead atoms. The lowest BCUT2D eigenvalue weighted by Crippen LogP contribution is -2.21. The molecule has 47 heavy (non-hydrogen) atoms. The van der Waals surface area contributed by atoms with Crippen LogP contribution in [-0.4, -0.2) is 32.9 Å². The molecule has 0 radical (unpaired) electrons. The van der Waals surface area contributed by atoms with Crippen molar-refractivity contribution >= 4 is 39.9 Å². The minimum absolute atomic E-state index is 0.375. The predicted molar refractivity (Wildman–Crippen MR) is 187 cm³/mol. The number of nitrogens with one attached hydrogen (secondary N) is 3. The number of carbonyl (C=O) groups is 1. The van der Waals surface area contributed by atoms with E-state index in [9.17, 15) is 4.79 Å². The fourth-order valence-corrected chi connectivity index (χ4v) is 5.22. The number of amides is 2. The Hall–Kier alpha value is -5.90. The SMILES string of the molecule is CCCCc1cc(NC(=O)Nc2ccc(Oc3ccnc(Nc4ccc(OC)cc4C)n3)c3ccccc23)n(-c2ccc(C)cc2)n1. The summed E-state index contributed by atoms with van der Waals surface area (Å²) in [5, 5.41) is 15.7. The molecule has 0 saturated heterocycles. The largest absolute Gasteiger partial charge is 0.497 e. The molecule has 0 aliphatic rings. The van der Waals surface area contributed by atoms with Gasteiger partial charge >= 0.3 is 6.03 Å². The smallest absolute Gasteiger partial charge is 0.324 e. The highest BCUT2D eigenvalue weighted by Gasteiger charge is 2.15. The van der Waals surface area contributed by atoms with Crippen molar-refractivity contribution in [3.05, 3.63) is 114 Å². The van der Waals surface area contributed by atoms with E-state index in [1.54, 1.807) is 24.1 Å². The van der Waals surface area contributed by atoms with E-state index in [4.69, 9.17) is 14.6 Å². The van der Waals surface area contributed by atoms with Crippen LogP contribution in [0.15, 0.2) is 97.2 Å². The number of rotatable bonds is 11. The molecule has 6 rings (SSSR count). The summed E-state index contributed by atoms with van der Waals surface area (Å²) in [6, 6.07) is 28.4.